The zero-order valence-electron chi connectivity index (χ0n) is 8.79. The van der Waals surface area contributed by atoms with Crippen LogP contribution in [0.2, 0.25) is 0 Å². The number of hydrogen-bond acceptors (Lipinski definition) is 2. The molecule has 0 bridgehead atoms. The highest BCUT2D eigenvalue weighted by molar-refractivity contribution is 5.43. The number of benzene rings is 1. The first-order chi connectivity index (χ1) is 6.76. The molecule has 2 unspecified atom stereocenters. The average Bonchev–Trinajstić information content (AvgIpc) is 2.55. The Balaban J connectivity index is 2.41. The van der Waals surface area contributed by atoms with Gasteiger partial charge in [0.1, 0.15) is 5.75 Å². The summed E-state index contributed by atoms with van der Waals surface area (Å²) < 4.78 is 5.20. The van der Waals surface area contributed by atoms with Gasteiger partial charge in [-0.25, -0.2) is 0 Å². The molecule has 76 valence electrons. The highest BCUT2D eigenvalue weighted by Gasteiger charge is 2.27. The maximum absolute atomic E-state index is 6.08. The van der Waals surface area contributed by atoms with Crippen molar-refractivity contribution in [3.05, 3.63) is 29.3 Å². The maximum atomic E-state index is 6.08. The third-order valence-electron chi connectivity index (χ3n) is 3.16. The van der Waals surface area contributed by atoms with Gasteiger partial charge in [0.25, 0.3) is 0 Å². The van der Waals surface area contributed by atoms with Crippen LogP contribution in [-0.2, 0) is 0 Å². The molecule has 1 aliphatic carbocycles. The van der Waals surface area contributed by atoms with Gasteiger partial charge in [0.2, 0.25) is 0 Å². The monoisotopic (exact) mass is 191 g/mol. The molecule has 1 aromatic rings. The molecule has 2 nitrogen and oxygen atoms in total. The molecular weight excluding hydrogens is 174 g/mol. The van der Waals surface area contributed by atoms with Crippen molar-refractivity contribution in [3.8, 4) is 5.75 Å². The van der Waals surface area contributed by atoms with Crippen LogP contribution in [-0.4, -0.2) is 7.11 Å². The zero-order valence-corrected chi connectivity index (χ0v) is 8.79. The Morgan fingerprint density at radius 3 is 2.86 bits per heavy atom. The van der Waals surface area contributed by atoms with Crippen molar-refractivity contribution >= 4 is 0 Å². The topological polar surface area (TPSA) is 35.2 Å². The third-order valence-corrected chi connectivity index (χ3v) is 3.16. The van der Waals surface area contributed by atoms with E-state index in [0.717, 1.165) is 12.2 Å². The van der Waals surface area contributed by atoms with Gasteiger partial charge < -0.3 is 10.5 Å². The van der Waals surface area contributed by atoms with Crippen molar-refractivity contribution in [2.24, 2.45) is 5.73 Å². The van der Waals surface area contributed by atoms with E-state index in [4.69, 9.17) is 10.5 Å². The van der Waals surface area contributed by atoms with Gasteiger partial charge in [-0.3, -0.25) is 0 Å². The molecule has 1 aromatic carbocycles. The van der Waals surface area contributed by atoms with Crippen molar-refractivity contribution in [1.82, 2.24) is 0 Å². The first kappa shape index (κ1) is 9.53. The van der Waals surface area contributed by atoms with Gasteiger partial charge in [-0.2, -0.15) is 0 Å². The third kappa shape index (κ3) is 1.40. The highest BCUT2D eigenvalue weighted by atomic mass is 16.5. The van der Waals surface area contributed by atoms with Crippen LogP contribution >= 0.6 is 0 Å². The van der Waals surface area contributed by atoms with E-state index in [1.165, 1.54) is 17.5 Å². The summed E-state index contributed by atoms with van der Waals surface area (Å²) in [5, 5.41) is 0. The molecule has 2 rings (SSSR count). The van der Waals surface area contributed by atoms with E-state index in [1.54, 1.807) is 7.11 Å². The second-order valence-corrected chi connectivity index (χ2v) is 3.94. The number of ether oxygens (including phenoxy) is 1. The van der Waals surface area contributed by atoms with Gasteiger partial charge in [0.05, 0.1) is 7.11 Å². The van der Waals surface area contributed by atoms with Crippen LogP contribution in [0.5, 0.6) is 5.75 Å². The van der Waals surface area contributed by atoms with Crippen molar-refractivity contribution in [2.75, 3.05) is 7.11 Å². The molecule has 0 amide bonds. The Morgan fingerprint density at radius 1 is 1.43 bits per heavy atom. The Hall–Kier alpha value is -1.02. The first-order valence-electron chi connectivity index (χ1n) is 5.19. The Morgan fingerprint density at radius 2 is 2.21 bits per heavy atom. The Bertz CT molecular complexity index is 335. The van der Waals surface area contributed by atoms with Gasteiger partial charge in [0, 0.05) is 6.04 Å². The van der Waals surface area contributed by atoms with Crippen LogP contribution < -0.4 is 10.5 Å². The lowest BCUT2D eigenvalue weighted by Gasteiger charge is -2.08. The predicted molar refractivity (Wildman–Crippen MR) is 57.6 cm³/mol. The average molecular weight is 191 g/mol. The fraction of sp³-hybridized carbons (Fsp3) is 0.500. The maximum Gasteiger partial charge on any atom is 0.119 e. The summed E-state index contributed by atoms with van der Waals surface area (Å²) in [5.41, 5.74) is 8.77. The molecule has 0 spiro atoms. The second kappa shape index (κ2) is 3.62. The lowest BCUT2D eigenvalue weighted by Crippen LogP contribution is -2.05. The van der Waals surface area contributed by atoms with E-state index >= 15 is 0 Å². The zero-order chi connectivity index (χ0) is 10.1. The molecule has 0 aliphatic heterocycles. The molecule has 14 heavy (non-hydrogen) atoms. The van der Waals surface area contributed by atoms with Crippen molar-refractivity contribution in [2.45, 2.75) is 31.7 Å². The summed E-state index contributed by atoms with van der Waals surface area (Å²) in [5.74, 6) is 1.56. The van der Waals surface area contributed by atoms with Crippen LogP contribution in [0.1, 0.15) is 42.9 Å². The van der Waals surface area contributed by atoms with E-state index < -0.39 is 0 Å². The summed E-state index contributed by atoms with van der Waals surface area (Å²) in [7, 11) is 1.69. The Kier molecular flexibility index (Phi) is 2.46. The number of rotatable bonds is 2. The standard InChI is InChI=1S/C12H17NO/c1-3-8-6-12(13)11-7-9(14-2)4-5-10(8)11/h4-5,7-8,12H,3,6,13H2,1-2H3. The molecule has 0 aromatic heterocycles. The summed E-state index contributed by atoms with van der Waals surface area (Å²) in [4.78, 5) is 0. The minimum Gasteiger partial charge on any atom is -0.497 e. The van der Waals surface area contributed by atoms with E-state index in [-0.39, 0.29) is 6.04 Å². The SMILES string of the molecule is CCC1CC(N)c2cc(OC)ccc21. The minimum absolute atomic E-state index is 0.199. The number of methoxy groups -OCH3 is 1. The van der Waals surface area contributed by atoms with Crippen molar-refractivity contribution < 1.29 is 4.74 Å². The minimum atomic E-state index is 0.199. The predicted octanol–water partition coefficient (Wildman–Crippen LogP) is 2.59. The highest BCUT2D eigenvalue weighted by Crippen LogP contribution is 2.41. The quantitative estimate of drug-likeness (QED) is 0.779. The number of fused-ring (bicyclic) bond motifs is 1. The fourth-order valence-corrected chi connectivity index (χ4v) is 2.32. The van der Waals surface area contributed by atoms with Gasteiger partial charge in [-0.1, -0.05) is 13.0 Å². The lowest BCUT2D eigenvalue weighted by molar-refractivity contribution is 0.414. The molecule has 2 heteroatoms. The van der Waals surface area contributed by atoms with Crippen LogP contribution in [0.3, 0.4) is 0 Å². The van der Waals surface area contributed by atoms with E-state index in [1.807, 2.05) is 6.07 Å². The number of nitrogens with two attached hydrogens (primary N) is 1. The fourth-order valence-electron chi connectivity index (χ4n) is 2.32. The van der Waals surface area contributed by atoms with Crippen LogP contribution in [0.25, 0.3) is 0 Å². The van der Waals surface area contributed by atoms with E-state index in [0.29, 0.717) is 5.92 Å². The normalized spacial score (nSPS) is 24.8. The molecule has 0 saturated heterocycles. The van der Waals surface area contributed by atoms with Crippen molar-refractivity contribution in [1.29, 1.82) is 0 Å². The lowest BCUT2D eigenvalue weighted by atomic mass is 9.99. The van der Waals surface area contributed by atoms with Gasteiger partial charge in [-0.05, 0) is 42.0 Å². The molecule has 0 heterocycles. The molecule has 2 N–H and O–H groups in total. The van der Waals surface area contributed by atoms with Gasteiger partial charge in [-0.15, -0.1) is 0 Å². The molecule has 0 fully saturated rings. The summed E-state index contributed by atoms with van der Waals surface area (Å²) in [6, 6.07) is 6.47. The molecule has 1 aliphatic rings. The molecule has 2 atom stereocenters. The van der Waals surface area contributed by atoms with Gasteiger partial charge in [0.15, 0.2) is 0 Å². The Labute approximate surface area is 85.1 Å². The van der Waals surface area contributed by atoms with E-state index in [2.05, 4.69) is 19.1 Å². The summed E-state index contributed by atoms with van der Waals surface area (Å²) in [6.45, 7) is 2.22. The van der Waals surface area contributed by atoms with Crippen molar-refractivity contribution in [3.63, 3.8) is 0 Å². The van der Waals surface area contributed by atoms with Crippen LogP contribution in [0.4, 0.5) is 0 Å². The van der Waals surface area contributed by atoms with Crippen LogP contribution in [0, 0.1) is 0 Å². The summed E-state index contributed by atoms with van der Waals surface area (Å²) in [6.07, 6.45) is 2.26. The number of hydrogen-bond donors (Lipinski definition) is 1. The first-order valence-corrected chi connectivity index (χ1v) is 5.19. The summed E-state index contributed by atoms with van der Waals surface area (Å²) >= 11 is 0. The van der Waals surface area contributed by atoms with E-state index in [9.17, 15) is 0 Å². The second-order valence-electron chi connectivity index (χ2n) is 3.94. The molecular formula is C12H17NO. The largest absolute Gasteiger partial charge is 0.497 e. The smallest absolute Gasteiger partial charge is 0.119 e. The molecule has 0 radical (unpaired) electrons. The van der Waals surface area contributed by atoms with Gasteiger partial charge >= 0.3 is 0 Å². The molecule has 0 saturated carbocycles. The van der Waals surface area contributed by atoms with Crippen LogP contribution in [0.15, 0.2) is 18.2 Å².